The number of hydrogen-bond acceptors (Lipinski definition) is 1. The molecule has 21 heavy (non-hydrogen) atoms. The second kappa shape index (κ2) is 6.12. The van der Waals surface area contributed by atoms with E-state index in [0.717, 1.165) is 31.1 Å². The Bertz CT molecular complexity index is 627. The van der Waals surface area contributed by atoms with Crippen LogP contribution in [0.25, 0.3) is 0 Å². The first-order valence-corrected chi connectivity index (χ1v) is 7.44. The van der Waals surface area contributed by atoms with Gasteiger partial charge in [0.15, 0.2) is 11.6 Å². The number of nitrogens with one attached hydrogen (secondary N) is 1. The van der Waals surface area contributed by atoms with Gasteiger partial charge in [-0.25, -0.2) is 8.78 Å². The summed E-state index contributed by atoms with van der Waals surface area (Å²) in [6.07, 6.45) is 0.785. The SMILES string of the molecule is Fc1cccc(C2CCNCC2c2ccc(Cl)cc2)c1F. The Hall–Kier alpha value is -1.45. The third-order valence-corrected chi connectivity index (χ3v) is 4.41. The molecular formula is C17H16ClF2N. The first-order valence-electron chi connectivity index (χ1n) is 7.07. The lowest BCUT2D eigenvalue weighted by atomic mass is 9.77. The molecule has 1 fully saturated rings. The van der Waals surface area contributed by atoms with Crippen LogP contribution < -0.4 is 5.32 Å². The highest BCUT2D eigenvalue weighted by molar-refractivity contribution is 6.30. The maximum atomic E-state index is 14.1. The monoisotopic (exact) mass is 307 g/mol. The Morgan fingerprint density at radius 2 is 1.76 bits per heavy atom. The van der Waals surface area contributed by atoms with Crippen molar-refractivity contribution in [1.29, 1.82) is 0 Å². The quantitative estimate of drug-likeness (QED) is 0.862. The number of rotatable bonds is 2. The van der Waals surface area contributed by atoms with Crippen LogP contribution in [0.1, 0.15) is 29.4 Å². The van der Waals surface area contributed by atoms with E-state index in [0.29, 0.717) is 10.6 Å². The van der Waals surface area contributed by atoms with Gasteiger partial charge in [0.25, 0.3) is 0 Å². The lowest BCUT2D eigenvalue weighted by Gasteiger charge is -2.33. The zero-order valence-corrected chi connectivity index (χ0v) is 12.2. The van der Waals surface area contributed by atoms with E-state index in [-0.39, 0.29) is 11.8 Å². The molecule has 0 amide bonds. The zero-order valence-electron chi connectivity index (χ0n) is 11.5. The summed E-state index contributed by atoms with van der Waals surface area (Å²) in [4.78, 5) is 0. The van der Waals surface area contributed by atoms with Crippen molar-refractivity contribution in [3.05, 3.63) is 70.2 Å². The molecule has 2 atom stereocenters. The second-order valence-corrected chi connectivity index (χ2v) is 5.84. The van der Waals surface area contributed by atoms with Crippen molar-refractivity contribution in [2.24, 2.45) is 0 Å². The smallest absolute Gasteiger partial charge is 0.162 e. The molecule has 2 aromatic carbocycles. The average molecular weight is 308 g/mol. The summed E-state index contributed by atoms with van der Waals surface area (Å²) in [5, 5.41) is 4.01. The highest BCUT2D eigenvalue weighted by Gasteiger charge is 2.30. The van der Waals surface area contributed by atoms with Crippen molar-refractivity contribution in [1.82, 2.24) is 5.32 Å². The third-order valence-electron chi connectivity index (χ3n) is 4.16. The van der Waals surface area contributed by atoms with Crippen LogP contribution in [0.4, 0.5) is 8.78 Å². The number of benzene rings is 2. The van der Waals surface area contributed by atoms with E-state index >= 15 is 0 Å². The molecule has 2 aromatic rings. The largest absolute Gasteiger partial charge is 0.316 e. The summed E-state index contributed by atoms with van der Waals surface area (Å²) in [5.41, 5.74) is 1.57. The summed E-state index contributed by atoms with van der Waals surface area (Å²) in [6.45, 7) is 1.56. The van der Waals surface area contributed by atoms with Crippen molar-refractivity contribution in [3.8, 4) is 0 Å². The number of halogens is 3. The molecule has 1 saturated heterocycles. The molecule has 0 aliphatic carbocycles. The molecular weight excluding hydrogens is 292 g/mol. The zero-order chi connectivity index (χ0) is 14.8. The van der Waals surface area contributed by atoms with E-state index in [1.165, 1.54) is 0 Å². The first-order chi connectivity index (χ1) is 10.2. The maximum absolute atomic E-state index is 14.1. The minimum Gasteiger partial charge on any atom is -0.316 e. The van der Waals surface area contributed by atoms with Gasteiger partial charge in [0.2, 0.25) is 0 Å². The van der Waals surface area contributed by atoms with Crippen molar-refractivity contribution in [2.75, 3.05) is 13.1 Å². The predicted molar refractivity (Wildman–Crippen MR) is 80.8 cm³/mol. The fraction of sp³-hybridized carbons (Fsp3) is 0.294. The summed E-state index contributed by atoms with van der Waals surface area (Å²) in [5.74, 6) is -1.40. The molecule has 1 aliphatic heterocycles. The molecule has 110 valence electrons. The minimum atomic E-state index is -0.777. The second-order valence-electron chi connectivity index (χ2n) is 5.40. The summed E-state index contributed by atoms with van der Waals surface area (Å²) in [7, 11) is 0. The van der Waals surface area contributed by atoms with E-state index in [1.54, 1.807) is 12.1 Å². The van der Waals surface area contributed by atoms with Crippen LogP contribution in [0.5, 0.6) is 0 Å². The Balaban J connectivity index is 1.98. The van der Waals surface area contributed by atoms with Crippen LogP contribution in [0.2, 0.25) is 5.02 Å². The van der Waals surface area contributed by atoms with Gasteiger partial charge < -0.3 is 5.32 Å². The minimum absolute atomic E-state index is 0.0249. The van der Waals surface area contributed by atoms with Gasteiger partial charge in [-0.05, 0) is 48.2 Å². The van der Waals surface area contributed by atoms with Crippen molar-refractivity contribution < 1.29 is 8.78 Å². The molecule has 4 heteroatoms. The summed E-state index contributed by atoms with van der Waals surface area (Å²) in [6, 6.07) is 12.0. The standard InChI is InChI=1S/C17H16ClF2N/c18-12-6-4-11(5-7-12)15-10-21-9-8-13(15)14-2-1-3-16(19)17(14)20/h1-7,13,15,21H,8-10H2. The van der Waals surface area contributed by atoms with Gasteiger partial charge >= 0.3 is 0 Å². The fourth-order valence-corrected chi connectivity index (χ4v) is 3.22. The number of hydrogen-bond donors (Lipinski definition) is 1. The number of piperidine rings is 1. The van der Waals surface area contributed by atoms with Crippen molar-refractivity contribution in [3.63, 3.8) is 0 Å². The van der Waals surface area contributed by atoms with E-state index in [9.17, 15) is 8.78 Å². The molecule has 1 N–H and O–H groups in total. The third kappa shape index (κ3) is 2.94. The lowest BCUT2D eigenvalue weighted by molar-refractivity contribution is 0.386. The topological polar surface area (TPSA) is 12.0 Å². The van der Waals surface area contributed by atoms with Gasteiger partial charge in [-0.15, -0.1) is 0 Å². The van der Waals surface area contributed by atoms with Crippen LogP contribution in [0, 0.1) is 11.6 Å². The van der Waals surface area contributed by atoms with Crippen LogP contribution in [-0.4, -0.2) is 13.1 Å². The molecule has 0 saturated carbocycles. The van der Waals surface area contributed by atoms with Gasteiger partial charge in [0, 0.05) is 17.5 Å². The van der Waals surface area contributed by atoms with E-state index in [2.05, 4.69) is 5.32 Å². The molecule has 1 aliphatic rings. The van der Waals surface area contributed by atoms with E-state index in [1.807, 2.05) is 24.3 Å². The molecule has 3 rings (SSSR count). The van der Waals surface area contributed by atoms with Crippen LogP contribution >= 0.6 is 11.6 Å². The van der Waals surface area contributed by atoms with E-state index < -0.39 is 11.6 Å². The van der Waals surface area contributed by atoms with Crippen LogP contribution in [-0.2, 0) is 0 Å². The van der Waals surface area contributed by atoms with Gasteiger partial charge in [-0.3, -0.25) is 0 Å². The maximum Gasteiger partial charge on any atom is 0.162 e. The summed E-state index contributed by atoms with van der Waals surface area (Å²) < 4.78 is 27.6. The highest BCUT2D eigenvalue weighted by atomic mass is 35.5. The molecule has 0 radical (unpaired) electrons. The highest BCUT2D eigenvalue weighted by Crippen LogP contribution is 2.39. The molecule has 0 bridgehead atoms. The molecule has 1 nitrogen and oxygen atoms in total. The van der Waals surface area contributed by atoms with E-state index in [4.69, 9.17) is 11.6 Å². The van der Waals surface area contributed by atoms with Crippen molar-refractivity contribution in [2.45, 2.75) is 18.3 Å². The average Bonchev–Trinajstić information content (AvgIpc) is 2.51. The van der Waals surface area contributed by atoms with Crippen LogP contribution in [0.3, 0.4) is 0 Å². The van der Waals surface area contributed by atoms with Gasteiger partial charge in [-0.2, -0.15) is 0 Å². The molecule has 1 heterocycles. The fourth-order valence-electron chi connectivity index (χ4n) is 3.10. The Kier molecular flexibility index (Phi) is 4.22. The normalized spacial score (nSPS) is 22.2. The lowest BCUT2D eigenvalue weighted by Crippen LogP contribution is -2.34. The summed E-state index contributed by atoms with van der Waals surface area (Å²) >= 11 is 5.92. The van der Waals surface area contributed by atoms with Gasteiger partial charge in [-0.1, -0.05) is 35.9 Å². The Morgan fingerprint density at radius 3 is 2.52 bits per heavy atom. The predicted octanol–water partition coefficient (Wildman–Crippen LogP) is 4.48. The van der Waals surface area contributed by atoms with Crippen LogP contribution in [0.15, 0.2) is 42.5 Å². The van der Waals surface area contributed by atoms with Gasteiger partial charge in [0.1, 0.15) is 0 Å². The Labute approximate surface area is 127 Å². The van der Waals surface area contributed by atoms with Crippen molar-refractivity contribution >= 4 is 11.6 Å². The van der Waals surface area contributed by atoms with Gasteiger partial charge in [0.05, 0.1) is 0 Å². The molecule has 0 aromatic heterocycles. The molecule has 2 unspecified atom stereocenters. The Morgan fingerprint density at radius 1 is 1.00 bits per heavy atom. The first kappa shape index (κ1) is 14.5. The molecule has 0 spiro atoms.